The van der Waals surface area contributed by atoms with Gasteiger partial charge in [-0.25, -0.2) is 4.98 Å². The number of allylic oxidation sites excluding steroid dienone is 1. The third-order valence-electron chi connectivity index (χ3n) is 4.81. The summed E-state index contributed by atoms with van der Waals surface area (Å²) in [5.41, 5.74) is 4.02. The third-order valence-corrected chi connectivity index (χ3v) is 6.96. The fraction of sp³-hybridized carbons (Fsp3) is 0.217. The average molecular weight is 450 g/mol. The average Bonchev–Trinajstić information content (AvgIpc) is 3.32. The Bertz CT molecular complexity index is 1240. The molecule has 0 saturated carbocycles. The summed E-state index contributed by atoms with van der Waals surface area (Å²) < 4.78 is 3.12. The summed E-state index contributed by atoms with van der Waals surface area (Å²) in [5, 5.41) is 12.6. The fourth-order valence-corrected chi connectivity index (χ4v) is 5.07. The Kier molecular flexibility index (Phi) is 6.20. The summed E-state index contributed by atoms with van der Waals surface area (Å²) in [5.74, 6) is 0.717. The van der Waals surface area contributed by atoms with Crippen molar-refractivity contribution in [2.45, 2.75) is 37.7 Å². The summed E-state index contributed by atoms with van der Waals surface area (Å²) in [6, 6.07) is 14.1. The first kappa shape index (κ1) is 21.3. The lowest BCUT2D eigenvalue weighted by molar-refractivity contribution is -0.115. The molecule has 1 amide bonds. The van der Waals surface area contributed by atoms with Gasteiger partial charge in [0.15, 0.2) is 5.16 Å². The van der Waals surface area contributed by atoms with Crippen molar-refractivity contribution in [2.75, 3.05) is 5.32 Å². The van der Waals surface area contributed by atoms with Gasteiger partial charge in [-0.05, 0) is 62.7 Å². The molecule has 0 spiro atoms. The molecular formula is C23H23N5OS2. The minimum absolute atomic E-state index is 0.0842. The van der Waals surface area contributed by atoms with Gasteiger partial charge in [0.1, 0.15) is 10.8 Å². The number of amides is 1. The topological polar surface area (TPSA) is 72.7 Å². The van der Waals surface area contributed by atoms with Crippen LogP contribution in [0.4, 0.5) is 5.69 Å². The Morgan fingerprint density at radius 1 is 1.23 bits per heavy atom. The molecule has 0 aliphatic carbocycles. The number of aryl methyl sites for hydroxylation is 2. The number of hydrogen-bond donors (Lipinski definition) is 1. The van der Waals surface area contributed by atoms with E-state index < -0.39 is 0 Å². The van der Waals surface area contributed by atoms with Crippen LogP contribution in [0.5, 0.6) is 0 Å². The predicted octanol–water partition coefficient (Wildman–Crippen LogP) is 5.48. The Morgan fingerprint density at radius 3 is 2.74 bits per heavy atom. The zero-order valence-electron chi connectivity index (χ0n) is 17.6. The molecule has 31 heavy (non-hydrogen) atoms. The minimum Gasteiger partial charge on any atom is -0.325 e. The van der Waals surface area contributed by atoms with Crippen molar-refractivity contribution in [3.05, 3.63) is 66.5 Å². The van der Waals surface area contributed by atoms with Crippen molar-refractivity contribution in [3.8, 4) is 10.6 Å². The van der Waals surface area contributed by atoms with E-state index in [9.17, 15) is 4.79 Å². The van der Waals surface area contributed by atoms with Gasteiger partial charge in [0.25, 0.3) is 0 Å². The van der Waals surface area contributed by atoms with Gasteiger partial charge in [-0.3, -0.25) is 4.79 Å². The molecule has 0 aliphatic rings. The molecule has 2 aromatic carbocycles. The number of fused-ring (bicyclic) bond motifs is 1. The molecule has 0 bridgehead atoms. The molecule has 0 radical (unpaired) electrons. The van der Waals surface area contributed by atoms with Crippen LogP contribution in [0, 0.1) is 13.8 Å². The largest absolute Gasteiger partial charge is 0.325 e. The summed E-state index contributed by atoms with van der Waals surface area (Å²) in [6.07, 6.45) is 1.79. The number of nitrogens with one attached hydrogen (secondary N) is 1. The number of anilines is 1. The van der Waals surface area contributed by atoms with Crippen molar-refractivity contribution >= 4 is 44.9 Å². The highest BCUT2D eigenvalue weighted by Gasteiger charge is 2.19. The number of carbonyl (C=O) groups is 1. The molecule has 1 N–H and O–H groups in total. The summed E-state index contributed by atoms with van der Waals surface area (Å²) in [4.78, 5) is 17.4. The maximum Gasteiger partial charge on any atom is 0.237 e. The van der Waals surface area contributed by atoms with Gasteiger partial charge in [-0.15, -0.1) is 28.1 Å². The van der Waals surface area contributed by atoms with Gasteiger partial charge in [0.05, 0.1) is 15.5 Å². The van der Waals surface area contributed by atoms with Gasteiger partial charge < -0.3 is 9.88 Å². The van der Waals surface area contributed by atoms with Gasteiger partial charge >= 0.3 is 0 Å². The Balaban J connectivity index is 1.43. The molecule has 0 saturated heterocycles. The van der Waals surface area contributed by atoms with E-state index in [1.54, 1.807) is 17.4 Å². The Labute approximate surface area is 189 Å². The highest BCUT2D eigenvalue weighted by Crippen LogP contribution is 2.31. The number of carbonyl (C=O) groups excluding carboxylic acids is 1. The van der Waals surface area contributed by atoms with Crippen molar-refractivity contribution < 1.29 is 4.79 Å². The van der Waals surface area contributed by atoms with E-state index in [4.69, 9.17) is 4.98 Å². The second-order valence-corrected chi connectivity index (χ2v) is 9.58. The third kappa shape index (κ3) is 4.70. The minimum atomic E-state index is -0.320. The molecule has 6 nitrogen and oxygen atoms in total. The first-order valence-corrected chi connectivity index (χ1v) is 11.6. The molecule has 4 rings (SSSR count). The standard InChI is InChI=1S/C23H23N5OS2/c1-5-12-28-16(4)26-27-23(28)30-15(3)21(29)24-18-9-7-17(8-10-18)22-25-19-11-6-14(2)13-20(19)31-22/h5-11,13,15H,1,12H2,2-4H3,(H,24,29). The highest BCUT2D eigenvalue weighted by atomic mass is 32.2. The number of rotatable bonds is 7. The summed E-state index contributed by atoms with van der Waals surface area (Å²) in [7, 11) is 0. The molecule has 0 fully saturated rings. The van der Waals surface area contributed by atoms with Gasteiger partial charge in [-0.2, -0.15) is 0 Å². The van der Waals surface area contributed by atoms with Crippen LogP contribution < -0.4 is 5.32 Å². The van der Waals surface area contributed by atoms with Crippen LogP contribution in [0.2, 0.25) is 0 Å². The normalized spacial score (nSPS) is 12.1. The summed E-state index contributed by atoms with van der Waals surface area (Å²) >= 11 is 3.06. The number of aromatic nitrogens is 4. The van der Waals surface area contributed by atoms with Crippen molar-refractivity contribution in [3.63, 3.8) is 0 Å². The predicted molar refractivity (Wildman–Crippen MR) is 129 cm³/mol. The maximum absolute atomic E-state index is 12.7. The zero-order chi connectivity index (χ0) is 22.0. The maximum atomic E-state index is 12.7. The van der Waals surface area contributed by atoms with E-state index >= 15 is 0 Å². The van der Waals surface area contributed by atoms with Crippen LogP contribution in [-0.4, -0.2) is 30.9 Å². The van der Waals surface area contributed by atoms with Crippen LogP contribution >= 0.6 is 23.1 Å². The lowest BCUT2D eigenvalue weighted by atomic mass is 10.2. The second-order valence-electron chi connectivity index (χ2n) is 7.25. The molecule has 1 unspecified atom stereocenters. The molecule has 8 heteroatoms. The lowest BCUT2D eigenvalue weighted by Crippen LogP contribution is -2.23. The number of benzene rings is 2. The molecule has 2 aromatic heterocycles. The monoisotopic (exact) mass is 449 g/mol. The van der Waals surface area contributed by atoms with Gasteiger partial charge in [0.2, 0.25) is 5.91 Å². The SMILES string of the molecule is C=CCn1c(C)nnc1SC(C)C(=O)Nc1ccc(-c2nc3ccc(C)cc3s2)cc1. The smallest absolute Gasteiger partial charge is 0.237 e. The van der Waals surface area contributed by atoms with Crippen LogP contribution in [0.15, 0.2) is 60.3 Å². The summed E-state index contributed by atoms with van der Waals surface area (Å²) in [6.45, 7) is 10.2. The quantitative estimate of drug-likeness (QED) is 0.299. The lowest BCUT2D eigenvalue weighted by Gasteiger charge is -2.12. The van der Waals surface area contributed by atoms with Crippen molar-refractivity contribution in [1.29, 1.82) is 0 Å². The van der Waals surface area contributed by atoms with Crippen LogP contribution in [0.3, 0.4) is 0 Å². The van der Waals surface area contributed by atoms with E-state index in [-0.39, 0.29) is 11.2 Å². The second kappa shape index (κ2) is 9.03. The number of nitrogens with zero attached hydrogens (tertiary/aromatic N) is 4. The first-order valence-electron chi connectivity index (χ1n) is 9.90. The van der Waals surface area contributed by atoms with Crippen LogP contribution in [0.25, 0.3) is 20.8 Å². The number of thiazole rings is 1. The fourth-order valence-electron chi connectivity index (χ4n) is 3.09. The van der Waals surface area contributed by atoms with Crippen molar-refractivity contribution in [2.24, 2.45) is 0 Å². The molecule has 1 atom stereocenters. The molecular weight excluding hydrogens is 426 g/mol. The number of hydrogen-bond acceptors (Lipinski definition) is 6. The molecule has 0 aliphatic heterocycles. The zero-order valence-corrected chi connectivity index (χ0v) is 19.3. The highest BCUT2D eigenvalue weighted by molar-refractivity contribution is 8.00. The molecule has 4 aromatic rings. The van der Waals surface area contributed by atoms with E-state index in [0.29, 0.717) is 11.7 Å². The molecule has 158 valence electrons. The van der Waals surface area contributed by atoms with Crippen LogP contribution in [-0.2, 0) is 11.3 Å². The van der Waals surface area contributed by atoms with E-state index in [0.717, 1.165) is 27.6 Å². The molecule has 2 heterocycles. The van der Waals surface area contributed by atoms with Crippen molar-refractivity contribution in [1.82, 2.24) is 19.7 Å². The van der Waals surface area contributed by atoms with E-state index in [1.807, 2.05) is 42.7 Å². The Hall–Kier alpha value is -2.97. The van der Waals surface area contributed by atoms with Crippen LogP contribution in [0.1, 0.15) is 18.3 Å². The Morgan fingerprint density at radius 2 is 2.00 bits per heavy atom. The number of thioether (sulfide) groups is 1. The van der Waals surface area contributed by atoms with Gasteiger partial charge in [-0.1, -0.05) is 23.9 Å². The first-order chi connectivity index (χ1) is 14.9. The van der Waals surface area contributed by atoms with E-state index in [1.165, 1.54) is 22.0 Å². The van der Waals surface area contributed by atoms with E-state index in [2.05, 4.69) is 47.2 Å². The van der Waals surface area contributed by atoms with Gasteiger partial charge in [0, 0.05) is 17.8 Å².